The lowest BCUT2D eigenvalue weighted by Crippen LogP contribution is -2.11. The van der Waals surface area contributed by atoms with Crippen molar-refractivity contribution in [3.8, 4) is 0 Å². The van der Waals surface area contributed by atoms with Crippen molar-refractivity contribution in [1.29, 1.82) is 0 Å². The van der Waals surface area contributed by atoms with Gasteiger partial charge in [-0.15, -0.1) is 0 Å². The van der Waals surface area contributed by atoms with Crippen LogP contribution < -0.4 is 0 Å². The topological polar surface area (TPSA) is 20.2 Å². The number of aliphatic hydroxyl groups is 1. The lowest BCUT2D eigenvalue weighted by molar-refractivity contribution is 0.229. The first-order valence-electron chi connectivity index (χ1n) is 4.06. The molecule has 1 aliphatic rings. The number of aliphatic hydroxyl groups excluding tert-OH is 1. The molecule has 0 bridgehead atoms. The number of hydrogen-bond donors (Lipinski definition) is 1. The lowest BCUT2D eigenvalue weighted by atomic mass is 9.84. The van der Waals surface area contributed by atoms with Gasteiger partial charge in [0, 0.05) is 0 Å². The summed E-state index contributed by atoms with van der Waals surface area (Å²) in [5, 5.41) is 9.12. The lowest BCUT2D eigenvalue weighted by Gasteiger charge is -2.23. The molecule has 10 heavy (non-hydrogen) atoms. The van der Waals surface area contributed by atoms with Crippen LogP contribution in [0.2, 0.25) is 0 Å². The van der Waals surface area contributed by atoms with Gasteiger partial charge in [0.25, 0.3) is 0 Å². The van der Waals surface area contributed by atoms with Crippen molar-refractivity contribution >= 4 is 0 Å². The summed E-state index contributed by atoms with van der Waals surface area (Å²) in [7, 11) is 0. The van der Waals surface area contributed by atoms with Gasteiger partial charge < -0.3 is 5.11 Å². The minimum atomic E-state index is -0.249. The number of rotatable bonds is 2. The summed E-state index contributed by atoms with van der Waals surface area (Å²) in [4.78, 5) is 0. The maximum absolute atomic E-state index is 9.12. The van der Waals surface area contributed by atoms with Gasteiger partial charge in [0.2, 0.25) is 0 Å². The Balaban J connectivity index is 2.36. The molecule has 0 spiro atoms. The van der Waals surface area contributed by atoms with Crippen LogP contribution in [0.4, 0.5) is 0 Å². The third-order valence-electron chi connectivity index (χ3n) is 2.31. The summed E-state index contributed by atoms with van der Waals surface area (Å²) in [6, 6.07) is 0. The molecule has 0 aromatic rings. The fourth-order valence-corrected chi connectivity index (χ4v) is 1.12. The van der Waals surface area contributed by atoms with Gasteiger partial charge in [-0.1, -0.05) is 12.5 Å². The first-order chi connectivity index (χ1) is 4.70. The highest BCUT2D eigenvalue weighted by Gasteiger charge is 2.15. The van der Waals surface area contributed by atoms with E-state index in [2.05, 4.69) is 6.08 Å². The van der Waals surface area contributed by atoms with E-state index in [1.807, 2.05) is 13.8 Å². The zero-order chi connectivity index (χ0) is 7.56. The molecule has 1 rings (SSSR count). The first kappa shape index (κ1) is 7.80. The van der Waals surface area contributed by atoms with Crippen LogP contribution in [-0.2, 0) is 0 Å². The van der Waals surface area contributed by atoms with Gasteiger partial charge in [0.15, 0.2) is 0 Å². The molecular weight excluding hydrogens is 124 g/mol. The molecule has 0 aromatic heterocycles. The van der Waals surface area contributed by atoms with Crippen molar-refractivity contribution in [2.75, 3.05) is 0 Å². The molecule has 1 atom stereocenters. The third kappa shape index (κ3) is 1.84. The van der Waals surface area contributed by atoms with Crippen LogP contribution in [0.25, 0.3) is 0 Å². The van der Waals surface area contributed by atoms with Crippen LogP contribution in [0.15, 0.2) is 11.6 Å². The highest BCUT2D eigenvalue weighted by Crippen LogP contribution is 2.28. The SMILES string of the molecule is CC(=CC1CCC1)C(C)O. The fraction of sp³-hybridized carbons (Fsp3) is 0.778. The Bertz CT molecular complexity index is 132. The second kappa shape index (κ2) is 3.20. The molecule has 1 aliphatic carbocycles. The molecule has 1 unspecified atom stereocenters. The third-order valence-corrected chi connectivity index (χ3v) is 2.31. The molecule has 0 saturated heterocycles. The summed E-state index contributed by atoms with van der Waals surface area (Å²) in [6.07, 6.45) is 5.98. The van der Waals surface area contributed by atoms with Crippen LogP contribution in [0, 0.1) is 5.92 Å². The molecule has 1 fully saturated rings. The second-order valence-corrected chi connectivity index (χ2v) is 3.28. The van der Waals surface area contributed by atoms with Crippen molar-refractivity contribution in [2.45, 2.75) is 39.2 Å². The molecule has 1 saturated carbocycles. The van der Waals surface area contributed by atoms with Gasteiger partial charge in [-0.05, 0) is 38.2 Å². The van der Waals surface area contributed by atoms with E-state index in [1.165, 1.54) is 19.3 Å². The summed E-state index contributed by atoms with van der Waals surface area (Å²) in [5.74, 6) is 0.773. The predicted octanol–water partition coefficient (Wildman–Crippen LogP) is 2.11. The standard InChI is InChI=1S/C9H16O/c1-7(8(2)10)6-9-4-3-5-9/h6,8-10H,3-5H2,1-2H3. The molecule has 0 amide bonds. The van der Waals surface area contributed by atoms with Crippen LogP contribution in [0.3, 0.4) is 0 Å². The maximum Gasteiger partial charge on any atom is 0.0719 e. The molecule has 0 radical (unpaired) electrons. The van der Waals surface area contributed by atoms with Crippen molar-refractivity contribution in [3.63, 3.8) is 0 Å². The quantitative estimate of drug-likeness (QED) is 0.582. The second-order valence-electron chi connectivity index (χ2n) is 3.28. The molecule has 1 heteroatoms. The van der Waals surface area contributed by atoms with Crippen LogP contribution in [0.5, 0.6) is 0 Å². The van der Waals surface area contributed by atoms with Crippen LogP contribution in [-0.4, -0.2) is 11.2 Å². The summed E-state index contributed by atoms with van der Waals surface area (Å²) in [6.45, 7) is 3.83. The number of hydrogen-bond acceptors (Lipinski definition) is 1. The minimum Gasteiger partial charge on any atom is -0.389 e. The van der Waals surface area contributed by atoms with Gasteiger partial charge in [0.05, 0.1) is 6.10 Å². The Morgan fingerprint density at radius 2 is 2.20 bits per heavy atom. The molecule has 58 valence electrons. The summed E-state index contributed by atoms with van der Waals surface area (Å²) >= 11 is 0. The van der Waals surface area contributed by atoms with Gasteiger partial charge in [-0.3, -0.25) is 0 Å². The van der Waals surface area contributed by atoms with Crippen LogP contribution in [0.1, 0.15) is 33.1 Å². The minimum absolute atomic E-state index is 0.249. The van der Waals surface area contributed by atoms with Crippen molar-refractivity contribution in [2.24, 2.45) is 5.92 Å². The van der Waals surface area contributed by atoms with E-state index in [0.29, 0.717) is 0 Å². The molecule has 0 aromatic carbocycles. The monoisotopic (exact) mass is 140 g/mol. The Hall–Kier alpha value is -0.300. The van der Waals surface area contributed by atoms with Crippen molar-refractivity contribution < 1.29 is 5.11 Å². The van der Waals surface area contributed by atoms with Crippen LogP contribution >= 0.6 is 0 Å². The van der Waals surface area contributed by atoms with E-state index in [9.17, 15) is 0 Å². The molecule has 0 heterocycles. The van der Waals surface area contributed by atoms with Gasteiger partial charge in [-0.25, -0.2) is 0 Å². The highest BCUT2D eigenvalue weighted by molar-refractivity contribution is 5.06. The van der Waals surface area contributed by atoms with E-state index < -0.39 is 0 Å². The fourth-order valence-electron chi connectivity index (χ4n) is 1.12. The van der Waals surface area contributed by atoms with Gasteiger partial charge >= 0.3 is 0 Å². The average Bonchev–Trinajstić information content (AvgIpc) is 1.77. The zero-order valence-electron chi connectivity index (χ0n) is 6.80. The average molecular weight is 140 g/mol. The van der Waals surface area contributed by atoms with E-state index in [0.717, 1.165) is 11.5 Å². The summed E-state index contributed by atoms with van der Waals surface area (Å²) < 4.78 is 0. The Morgan fingerprint density at radius 1 is 1.60 bits per heavy atom. The van der Waals surface area contributed by atoms with E-state index in [4.69, 9.17) is 5.11 Å². The first-order valence-corrected chi connectivity index (χ1v) is 4.06. The molecule has 0 aliphatic heterocycles. The zero-order valence-corrected chi connectivity index (χ0v) is 6.80. The number of allylic oxidation sites excluding steroid dienone is 1. The smallest absolute Gasteiger partial charge is 0.0719 e. The molecular formula is C9H16O. The van der Waals surface area contributed by atoms with E-state index in [-0.39, 0.29) is 6.10 Å². The largest absolute Gasteiger partial charge is 0.389 e. The van der Waals surface area contributed by atoms with Gasteiger partial charge in [-0.2, -0.15) is 0 Å². The van der Waals surface area contributed by atoms with E-state index in [1.54, 1.807) is 0 Å². The van der Waals surface area contributed by atoms with E-state index >= 15 is 0 Å². The van der Waals surface area contributed by atoms with Crippen molar-refractivity contribution in [3.05, 3.63) is 11.6 Å². The highest BCUT2D eigenvalue weighted by atomic mass is 16.3. The predicted molar refractivity (Wildman–Crippen MR) is 42.8 cm³/mol. The Kier molecular flexibility index (Phi) is 2.50. The molecule has 1 N–H and O–H groups in total. The maximum atomic E-state index is 9.12. The Morgan fingerprint density at radius 3 is 2.50 bits per heavy atom. The normalized spacial score (nSPS) is 24.1. The van der Waals surface area contributed by atoms with Gasteiger partial charge in [0.1, 0.15) is 0 Å². The van der Waals surface area contributed by atoms with Crippen molar-refractivity contribution in [1.82, 2.24) is 0 Å². The Labute approximate surface area is 62.8 Å². The summed E-state index contributed by atoms with van der Waals surface area (Å²) in [5.41, 5.74) is 1.13. The molecule has 1 nitrogen and oxygen atoms in total.